The highest BCUT2D eigenvalue weighted by Gasteiger charge is 2.72. The summed E-state index contributed by atoms with van der Waals surface area (Å²) in [7, 11) is 0. The van der Waals surface area contributed by atoms with Gasteiger partial charge in [-0.2, -0.15) is 0 Å². The van der Waals surface area contributed by atoms with Crippen LogP contribution in [0.15, 0.2) is 11.3 Å². The second-order valence-corrected chi connectivity index (χ2v) is 7.21. The van der Waals surface area contributed by atoms with Crippen molar-refractivity contribution in [3.8, 4) is 0 Å². The number of carboxylic acid groups (broad SMARTS) is 1. The first-order chi connectivity index (χ1) is 9.08. The molecular formula is C15H20O5. The minimum atomic E-state index is -1.56. The maximum Gasteiger partial charge on any atom is 0.309 e. The molecule has 0 amide bonds. The van der Waals surface area contributed by atoms with E-state index in [1.807, 2.05) is 0 Å². The molecule has 3 aliphatic carbocycles. The molecule has 3 N–H and O–H groups in total. The van der Waals surface area contributed by atoms with Crippen molar-refractivity contribution >= 4 is 11.8 Å². The Kier molecular flexibility index (Phi) is 2.35. The van der Waals surface area contributed by atoms with Crippen molar-refractivity contribution < 1.29 is 24.9 Å². The van der Waals surface area contributed by atoms with Crippen molar-refractivity contribution in [3.05, 3.63) is 11.3 Å². The number of Topliss-reactive ketones (excluding diaryl/α,β-unsaturated/α-hetero) is 1. The molecule has 0 bridgehead atoms. The van der Waals surface area contributed by atoms with Crippen LogP contribution in [-0.4, -0.2) is 32.7 Å². The van der Waals surface area contributed by atoms with Crippen LogP contribution in [0.4, 0.5) is 0 Å². The molecule has 20 heavy (non-hydrogen) atoms. The molecule has 3 rings (SSSR count). The second-order valence-electron chi connectivity index (χ2n) is 7.21. The summed E-state index contributed by atoms with van der Waals surface area (Å²) in [5.41, 5.74) is -2.70. The predicted molar refractivity (Wildman–Crippen MR) is 70.0 cm³/mol. The predicted octanol–water partition coefficient (Wildman–Crippen LogP) is 1.66. The van der Waals surface area contributed by atoms with Gasteiger partial charge >= 0.3 is 5.97 Å². The van der Waals surface area contributed by atoms with E-state index < -0.39 is 28.2 Å². The Hall–Kier alpha value is -1.36. The van der Waals surface area contributed by atoms with Gasteiger partial charge in [-0.25, -0.2) is 0 Å². The Labute approximate surface area is 117 Å². The van der Waals surface area contributed by atoms with Crippen molar-refractivity contribution in [2.24, 2.45) is 22.7 Å². The average molecular weight is 280 g/mol. The topological polar surface area (TPSA) is 94.8 Å². The standard InChI is InChI=1S/C15H20O5/c1-7-10(16)11(17)15(20)5-8-4-13(2,12(18)19)6-9(8)14(7,15)3/h8-9,16,20H,4-6H2,1-3H3,(H,18,19). The van der Waals surface area contributed by atoms with Crippen LogP contribution in [0.25, 0.3) is 0 Å². The van der Waals surface area contributed by atoms with Crippen LogP contribution < -0.4 is 0 Å². The van der Waals surface area contributed by atoms with Gasteiger partial charge < -0.3 is 15.3 Å². The molecule has 0 heterocycles. The Morgan fingerprint density at radius 2 is 1.85 bits per heavy atom. The van der Waals surface area contributed by atoms with E-state index in [0.717, 1.165) is 0 Å². The van der Waals surface area contributed by atoms with Crippen molar-refractivity contribution in [1.29, 1.82) is 0 Å². The van der Waals surface area contributed by atoms with Gasteiger partial charge in [-0.1, -0.05) is 6.92 Å². The fourth-order valence-electron chi connectivity index (χ4n) is 4.95. The number of hydrogen-bond donors (Lipinski definition) is 3. The third-order valence-electron chi connectivity index (χ3n) is 6.35. The number of hydrogen-bond acceptors (Lipinski definition) is 4. The van der Waals surface area contributed by atoms with Crippen molar-refractivity contribution in [2.45, 2.75) is 45.6 Å². The van der Waals surface area contributed by atoms with Gasteiger partial charge in [-0.05, 0) is 50.5 Å². The molecule has 3 aliphatic rings. The van der Waals surface area contributed by atoms with Gasteiger partial charge in [-0.15, -0.1) is 0 Å². The lowest BCUT2D eigenvalue weighted by atomic mass is 9.67. The first-order valence-corrected chi connectivity index (χ1v) is 6.99. The molecule has 0 aromatic carbocycles. The maximum absolute atomic E-state index is 12.2. The molecule has 0 aliphatic heterocycles. The summed E-state index contributed by atoms with van der Waals surface area (Å²) in [5.74, 6) is -1.82. The SMILES string of the molecule is CC1=C(O)C(=O)C2(O)CC3CC(C)(C(=O)O)CC3C12C. The zero-order valence-electron chi connectivity index (χ0n) is 11.9. The molecule has 5 nitrogen and oxygen atoms in total. The Balaban J connectivity index is 2.08. The summed E-state index contributed by atoms with van der Waals surface area (Å²) < 4.78 is 0. The summed E-state index contributed by atoms with van der Waals surface area (Å²) in [6.45, 7) is 5.19. The summed E-state index contributed by atoms with van der Waals surface area (Å²) in [6.07, 6.45) is 1.16. The number of ketones is 1. The van der Waals surface area contributed by atoms with E-state index in [1.54, 1.807) is 20.8 Å². The molecule has 0 spiro atoms. The van der Waals surface area contributed by atoms with Crippen LogP contribution >= 0.6 is 0 Å². The van der Waals surface area contributed by atoms with Crippen molar-refractivity contribution in [1.82, 2.24) is 0 Å². The van der Waals surface area contributed by atoms with E-state index in [-0.39, 0.29) is 24.0 Å². The van der Waals surface area contributed by atoms with E-state index in [0.29, 0.717) is 18.4 Å². The van der Waals surface area contributed by atoms with Gasteiger partial charge in [0.05, 0.1) is 5.41 Å². The number of carboxylic acids is 1. The summed E-state index contributed by atoms with van der Waals surface area (Å²) >= 11 is 0. The lowest BCUT2D eigenvalue weighted by Gasteiger charge is -2.38. The van der Waals surface area contributed by atoms with E-state index >= 15 is 0 Å². The highest BCUT2D eigenvalue weighted by molar-refractivity contribution is 6.05. The number of fused-ring (bicyclic) bond motifs is 3. The molecule has 0 aromatic rings. The molecule has 5 heteroatoms. The molecule has 0 radical (unpaired) electrons. The third kappa shape index (κ3) is 1.18. The van der Waals surface area contributed by atoms with Crippen molar-refractivity contribution in [2.75, 3.05) is 0 Å². The van der Waals surface area contributed by atoms with Crippen LogP contribution in [0.2, 0.25) is 0 Å². The number of aliphatic hydroxyl groups is 2. The van der Waals surface area contributed by atoms with E-state index in [1.165, 1.54) is 0 Å². The van der Waals surface area contributed by atoms with Gasteiger partial charge in [0.15, 0.2) is 5.76 Å². The normalized spacial score (nSPS) is 50.5. The molecule has 0 saturated heterocycles. The quantitative estimate of drug-likeness (QED) is 0.679. The van der Waals surface area contributed by atoms with Crippen LogP contribution in [0.1, 0.15) is 40.0 Å². The monoisotopic (exact) mass is 280 g/mol. The zero-order chi connectivity index (χ0) is 15.1. The molecule has 0 aromatic heterocycles. The molecule has 5 atom stereocenters. The summed E-state index contributed by atoms with van der Waals surface area (Å²) in [5, 5.41) is 30.1. The number of aliphatic carboxylic acids is 1. The summed E-state index contributed by atoms with van der Waals surface area (Å²) in [6, 6.07) is 0. The highest BCUT2D eigenvalue weighted by atomic mass is 16.4. The van der Waals surface area contributed by atoms with Gasteiger partial charge in [0.2, 0.25) is 5.78 Å². The van der Waals surface area contributed by atoms with Crippen LogP contribution in [0, 0.1) is 22.7 Å². The fraction of sp³-hybridized carbons (Fsp3) is 0.733. The van der Waals surface area contributed by atoms with Crippen LogP contribution in [0.3, 0.4) is 0 Å². The van der Waals surface area contributed by atoms with Gasteiger partial charge in [0, 0.05) is 5.41 Å². The summed E-state index contributed by atoms with van der Waals surface area (Å²) in [4.78, 5) is 23.6. The first-order valence-electron chi connectivity index (χ1n) is 6.99. The van der Waals surface area contributed by atoms with E-state index in [9.17, 15) is 24.9 Å². The van der Waals surface area contributed by atoms with Crippen molar-refractivity contribution in [3.63, 3.8) is 0 Å². The smallest absolute Gasteiger partial charge is 0.309 e. The molecule has 2 saturated carbocycles. The second kappa shape index (κ2) is 3.45. The zero-order valence-corrected chi connectivity index (χ0v) is 11.9. The van der Waals surface area contributed by atoms with E-state index in [4.69, 9.17) is 0 Å². The largest absolute Gasteiger partial charge is 0.504 e. The lowest BCUT2D eigenvalue weighted by Crippen LogP contribution is -2.48. The van der Waals surface area contributed by atoms with Crippen LogP contribution in [-0.2, 0) is 9.59 Å². The van der Waals surface area contributed by atoms with E-state index in [2.05, 4.69) is 0 Å². The fourth-order valence-corrected chi connectivity index (χ4v) is 4.95. The lowest BCUT2D eigenvalue weighted by molar-refractivity contribution is -0.149. The average Bonchev–Trinajstić information content (AvgIpc) is 2.85. The number of aliphatic hydroxyl groups excluding tert-OH is 1. The van der Waals surface area contributed by atoms with Gasteiger partial charge in [0.25, 0.3) is 0 Å². The maximum atomic E-state index is 12.2. The Morgan fingerprint density at radius 1 is 1.25 bits per heavy atom. The third-order valence-corrected chi connectivity index (χ3v) is 6.35. The minimum absolute atomic E-state index is 0.0121. The number of carbonyl (C=O) groups is 2. The molecular weight excluding hydrogens is 260 g/mol. The molecule has 5 unspecified atom stereocenters. The molecule has 110 valence electrons. The van der Waals surface area contributed by atoms with Gasteiger partial charge in [-0.3, -0.25) is 9.59 Å². The van der Waals surface area contributed by atoms with Crippen LogP contribution in [0.5, 0.6) is 0 Å². The minimum Gasteiger partial charge on any atom is -0.504 e. The number of carbonyl (C=O) groups excluding carboxylic acids is 1. The Bertz CT molecular complexity index is 565. The first kappa shape index (κ1) is 13.6. The Morgan fingerprint density at radius 3 is 2.40 bits per heavy atom. The van der Waals surface area contributed by atoms with Gasteiger partial charge in [0.1, 0.15) is 5.60 Å². The highest BCUT2D eigenvalue weighted by Crippen LogP contribution is 2.69. The molecule has 2 fully saturated rings. The number of rotatable bonds is 1.